The molecule has 3 unspecified atom stereocenters. The fraction of sp³-hybridized carbons (Fsp3) is 0.462. The van der Waals surface area contributed by atoms with Crippen molar-refractivity contribution in [3.8, 4) is 11.3 Å². The van der Waals surface area contributed by atoms with Crippen LogP contribution in [-0.4, -0.2) is 45.8 Å². The number of benzene rings is 2. The lowest BCUT2D eigenvalue weighted by Crippen LogP contribution is -2.45. The molecule has 1 fully saturated rings. The Bertz CT molecular complexity index is 1050. The summed E-state index contributed by atoms with van der Waals surface area (Å²) in [5, 5.41) is 9.57. The summed E-state index contributed by atoms with van der Waals surface area (Å²) in [5.41, 5.74) is 2.76. The van der Waals surface area contributed by atoms with Crippen molar-refractivity contribution in [2.75, 3.05) is 13.1 Å². The van der Waals surface area contributed by atoms with Gasteiger partial charge in [-0.1, -0.05) is 48.4 Å². The van der Waals surface area contributed by atoms with Gasteiger partial charge in [0.15, 0.2) is 0 Å². The number of hydrogen-bond acceptors (Lipinski definition) is 3. The van der Waals surface area contributed by atoms with Crippen molar-refractivity contribution in [3.05, 3.63) is 53.6 Å². The minimum Gasteiger partial charge on any atom is -0.354 e. The predicted octanol–water partition coefficient (Wildman–Crippen LogP) is 5.69. The van der Waals surface area contributed by atoms with Crippen LogP contribution in [0.3, 0.4) is 0 Å². The first-order valence-electron chi connectivity index (χ1n) is 11.7. The molecule has 0 aliphatic carbocycles. The molecule has 0 spiro atoms. The number of piperidine rings is 1. The molecule has 32 heavy (non-hydrogen) atoms. The maximum atomic E-state index is 13.0. The molecule has 6 heteroatoms. The normalized spacial score (nSPS) is 20.4. The molecule has 2 heterocycles. The number of carbonyl (C=O) groups excluding carboxylic acids is 1. The Labute approximate surface area is 195 Å². The van der Waals surface area contributed by atoms with Gasteiger partial charge in [-0.25, -0.2) is 0 Å². The summed E-state index contributed by atoms with van der Waals surface area (Å²) >= 11 is 6.28. The van der Waals surface area contributed by atoms with E-state index >= 15 is 0 Å². The van der Waals surface area contributed by atoms with Gasteiger partial charge in [-0.2, -0.15) is 5.10 Å². The topological polar surface area (TPSA) is 50.2 Å². The molecule has 0 radical (unpaired) electrons. The van der Waals surface area contributed by atoms with Crippen LogP contribution in [0, 0.1) is 0 Å². The maximum absolute atomic E-state index is 13.0. The number of amides is 1. The highest BCUT2D eigenvalue weighted by Crippen LogP contribution is 2.31. The van der Waals surface area contributed by atoms with E-state index in [-0.39, 0.29) is 5.91 Å². The summed E-state index contributed by atoms with van der Waals surface area (Å²) in [7, 11) is 0. The van der Waals surface area contributed by atoms with E-state index in [1.165, 1.54) is 19.3 Å². The van der Waals surface area contributed by atoms with Gasteiger partial charge in [-0.05, 0) is 58.2 Å². The van der Waals surface area contributed by atoms with Crippen LogP contribution >= 0.6 is 11.6 Å². The van der Waals surface area contributed by atoms with Crippen molar-refractivity contribution >= 4 is 28.4 Å². The number of halogens is 1. The van der Waals surface area contributed by atoms with Crippen LogP contribution in [0.4, 0.5) is 0 Å². The molecule has 170 valence electrons. The molecule has 5 nitrogen and oxygen atoms in total. The molecule has 1 N–H and O–H groups in total. The molecule has 1 aliphatic heterocycles. The van der Waals surface area contributed by atoms with E-state index in [1.807, 2.05) is 60.1 Å². The van der Waals surface area contributed by atoms with Gasteiger partial charge in [0.2, 0.25) is 5.91 Å². The molecular formula is C26H33ClN4O. The third-order valence-corrected chi connectivity index (χ3v) is 6.97. The number of rotatable bonds is 7. The molecule has 2 aromatic carbocycles. The van der Waals surface area contributed by atoms with Gasteiger partial charge in [0.25, 0.3) is 0 Å². The molecule has 3 aromatic rings. The van der Waals surface area contributed by atoms with Crippen molar-refractivity contribution in [2.24, 2.45) is 0 Å². The Balaban J connectivity index is 1.45. The van der Waals surface area contributed by atoms with Crippen molar-refractivity contribution in [2.45, 2.75) is 64.6 Å². The molecule has 3 atom stereocenters. The molecule has 0 bridgehead atoms. The van der Waals surface area contributed by atoms with Crippen LogP contribution < -0.4 is 5.32 Å². The highest BCUT2D eigenvalue weighted by atomic mass is 35.5. The zero-order valence-corrected chi connectivity index (χ0v) is 20.0. The number of carbonyl (C=O) groups is 1. The van der Waals surface area contributed by atoms with E-state index in [9.17, 15) is 4.79 Å². The number of hydrogen-bond donors (Lipinski definition) is 1. The van der Waals surface area contributed by atoms with Crippen molar-refractivity contribution in [3.63, 3.8) is 0 Å². The summed E-state index contributed by atoms with van der Waals surface area (Å²) in [6.07, 6.45) is 4.82. The van der Waals surface area contributed by atoms with E-state index in [4.69, 9.17) is 16.7 Å². The van der Waals surface area contributed by atoms with Crippen LogP contribution in [0.2, 0.25) is 5.02 Å². The molecule has 1 amide bonds. The van der Waals surface area contributed by atoms with Gasteiger partial charge in [0.05, 0.1) is 5.52 Å². The first-order valence-corrected chi connectivity index (χ1v) is 12.1. The van der Waals surface area contributed by atoms with Gasteiger partial charge in [-0.15, -0.1) is 0 Å². The largest absolute Gasteiger partial charge is 0.354 e. The quantitative estimate of drug-likeness (QED) is 0.468. The Kier molecular flexibility index (Phi) is 7.17. The van der Waals surface area contributed by atoms with Crippen LogP contribution in [0.5, 0.6) is 0 Å². The minimum absolute atomic E-state index is 0.0105. The number of likely N-dealkylation sites (tertiary alicyclic amines) is 1. The van der Waals surface area contributed by atoms with Crippen molar-refractivity contribution < 1.29 is 4.79 Å². The molecule has 0 saturated carbocycles. The van der Waals surface area contributed by atoms with Gasteiger partial charge in [-0.3, -0.25) is 14.4 Å². The second kappa shape index (κ2) is 10.1. The van der Waals surface area contributed by atoms with Gasteiger partial charge in [0.1, 0.15) is 11.7 Å². The fourth-order valence-electron chi connectivity index (χ4n) is 4.87. The van der Waals surface area contributed by atoms with Gasteiger partial charge >= 0.3 is 0 Å². The molecular weight excluding hydrogens is 420 g/mol. The highest BCUT2D eigenvalue weighted by molar-refractivity contribution is 6.31. The minimum atomic E-state index is -0.413. The SMILES string of the molecule is CC1CCCC(C)N1CCCNC(=O)C(C)n1nc(-c2ccccc2)c2cc(Cl)ccc21. The van der Waals surface area contributed by atoms with Gasteiger partial charge < -0.3 is 5.32 Å². The Morgan fingerprint density at radius 2 is 1.88 bits per heavy atom. The first-order chi connectivity index (χ1) is 15.5. The lowest BCUT2D eigenvalue weighted by molar-refractivity contribution is -0.124. The Hall–Kier alpha value is -2.37. The standard InChI is InChI=1S/C26H33ClN4O/c1-18-9-7-10-19(2)30(18)16-8-15-28-26(32)20(3)31-24-14-13-22(27)17-23(24)25(29-31)21-11-5-4-6-12-21/h4-6,11-14,17-20H,7-10,15-16H2,1-3H3,(H,28,32). The third kappa shape index (κ3) is 4.84. The van der Waals surface area contributed by atoms with E-state index in [2.05, 4.69) is 24.1 Å². The monoisotopic (exact) mass is 452 g/mol. The number of nitrogens with zero attached hydrogens (tertiary/aromatic N) is 3. The zero-order chi connectivity index (χ0) is 22.7. The lowest BCUT2D eigenvalue weighted by atomic mass is 9.97. The number of fused-ring (bicyclic) bond motifs is 1. The van der Waals surface area contributed by atoms with Crippen LogP contribution in [0.25, 0.3) is 22.2 Å². The van der Waals surface area contributed by atoms with E-state index in [0.29, 0.717) is 23.7 Å². The zero-order valence-electron chi connectivity index (χ0n) is 19.2. The Morgan fingerprint density at radius 1 is 1.16 bits per heavy atom. The van der Waals surface area contributed by atoms with Crippen molar-refractivity contribution in [1.29, 1.82) is 0 Å². The van der Waals surface area contributed by atoms with Crippen LogP contribution in [0.1, 0.15) is 52.5 Å². The number of nitrogens with one attached hydrogen (secondary N) is 1. The molecule has 4 rings (SSSR count). The third-order valence-electron chi connectivity index (χ3n) is 6.73. The van der Waals surface area contributed by atoms with E-state index < -0.39 is 6.04 Å². The smallest absolute Gasteiger partial charge is 0.244 e. The van der Waals surface area contributed by atoms with E-state index in [1.54, 1.807) is 0 Å². The van der Waals surface area contributed by atoms with Gasteiger partial charge in [0, 0.05) is 41.1 Å². The molecule has 1 saturated heterocycles. The summed E-state index contributed by atoms with van der Waals surface area (Å²) in [6, 6.07) is 16.6. The number of aromatic nitrogens is 2. The average Bonchev–Trinajstić information content (AvgIpc) is 3.16. The Morgan fingerprint density at radius 3 is 2.59 bits per heavy atom. The van der Waals surface area contributed by atoms with Crippen LogP contribution in [0.15, 0.2) is 48.5 Å². The predicted molar refractivity (Wildman–Crippen MR) is 132 cm³/mol. The second-order valence-electron chi connectivity index (χ2n) is 9.01. The second-order valence-corrected chi connectivity index (χ2v) is 9.44. The average molecular weight is 453 g/mol. The van der Waals surface area contributed by atoms with Crippen LogP contribution in [-0.2, 0) is 4.79 Å². The fourth-order valence-corrected chi connectivity index (χ4v) is 5.04. The van der Waals surface area contributed by atoms with Crippen molar-refractivity contribution in [1.82, 2.24) is 20.0 Å². The summed E-state index contributed by atoms with van der Waals surface area (Å²) in [5.74, 6) is -0.0105. The van der Waals surface area contributed by atoms with E-state index in [0.717, 1.165) is 35.1 Å². The first kappa shape index (κ1) is 22.8. The lowest BCUT2D eigenvalue weighted by Gasteiger charge is -2.39. The molecule has 1 aliphatic rings. The maximum Gasteiger partial charge on any atom is 0.244 e. The summed E-state index contributed by atoms with van der Waals surface area (Å²) < 4.78 is 1.82. The highest BCUT2D eigenvalue weighted by Gasteiger charge is 2.24. The molecule has 1 aromatic heterocycles. The summed E-state index contributed by atoms with van der Waals surface area (Å²) in [6.45, 7) is 8.24. The summed E-state index contributed by atoms with van der Waals surface area (Å²) in [4.78, 5) is 15.5.